The quantitative estimate of drug-likeness (QED) is 0.418. The van der Waals surface area contributed by atoms with E-state index in [4.69, 9.17) is 15.0 Å². The van der Waals surface area contributed by atoms with Crippen molar-refractivity contribution in [3.63, 3.8) is 0 Å². The first kappa shape index (κ1) is 21.7. The summed E-state index contributed by atoms with van der Waals surface area (Å²) in [5.74, 6) is 0.535. The number of hydrogen-bond donors (Lipinski definition) is 3. The Labute approximate surface area is 185 Å². The van der Waals surface area contributed by atoms with Gasteiger partial charge in [-0.1, -0.05) is 37.3 Å². The van der Waals surface area contributed by atoms with Gasteiger partial charge in [0.2, 0.25) is 10.0 Å². The van der Waals surface area contributed by atoms with Crippen LogP contribution < -0.4 is 4.72 Å². The first-order chi connectivity index (χ1) is 13.7. The number of carbonyl (C=O) groups is 1. The van der Waals surface area contributed by atoms with E-state index in [1.165, 1.54) is 16.9 Å². The molecule has 2 aromatic heterocycles. The molecule has 3 aromatic rings. The lowest BCUT2D eigenvalue weighted by Gasteiger charge is -2.04. The van der Waals surface area contributed by atoms with E-state index in [2.05, 4.69) is 51.5 Å². The zero-order valence-electron chi connectivity index (χ0n) is 15.1. The minimum absolute atomic E-state index is 0.0522. The van der Waals surface area contributed by atoms with Crippen LogP contribution in [0.3, 0.4) is 0 Å². The number of rotatable bonds is 5. The maximum absolute atomic E-state index is 12.7. The molecule has 8 nitrogen and oxygen atoms in total. The Morgan fingerprint density at radius 1 is 1.21 bits per heavy atom. The molecule has 4 rings (SSSR count). The highest BCUT2D eigenvalue weighted by Gasteiger charge is 2.49. The van der Waals surface area contributed by atoms with E-state index in [0.717, 1.165) is 8.57 Å². The molecule has 0 spiro atoms. The van der Waals surface area contributed by atoms with E-state index in [1.807, 2.05) is 24.4 Å². The zero-order chi connectivity index (χ0) is 21.2. The van der Waals surface area contributed by atoms with Crippen molar-refractivity contribution in [1.82, 2.24) is 14.5 Å². The fraction of sp³-hybridized carbons (Fsp3) is 0.222. The molecule has 1 aliphatic carbocycles. The van der Waals surface area contributed by atoms with Gasteiger partial charge in [0.05, 0.1) is 9.77 Å². The van der Waals surface area contributed by atoms with Crippen LogP contribution in [0.4, 0.5) is 4.79 Å². The second-order valence-corrected chi connectivity index (χ2v) is 10.7. The van der Waals surface area contributed by atoms with Crippen LogP contribution in [0.5, 0.6) is 0 Å². The van der Waals surface area contributed by atoms with Crippen LogP contribution in [-0.2, 0) is 10.0 Å². The first-order valence-corrected chi connectivity index (χ1v) is 11.9. The maximum Gasteiger partial charge on any atom is 0.503 e. The molecule has 1 aliphatic rings. The molecule has 2 heterocycles. The Morgan fingerprint density at radius 3 is 2.45 bits per heavy atom. The number of benzene rings is 1. The largest absolute Gasteiger partial charge is 0.503 e. The molecular formula is C18H18IN3O5S2. The van der Waals surface area contributed by atoms with Gasteiger partial charge in [-0.3, -0.25) is 0 Å². The van der Waals surface area contributed by atoms with Crippen molar-refractivity contribution in [2.24, 2.45) is 5.92 Å². The molecule has 0 radical (unpaired) electrons. The fourth-order valence-electron chi connectivity index (χ4n) is 3.07. The Hall–Kier alpha value is -1.96. The van der Waals surface area contributed by atoms with Crippen molar-refractivity contribution in [2.75, 3.05) is 0 Å². The molecule has 3 atom stereocenters. The lowest BCUT2D eigenvalue weighted by Crippen LogP contribution is -2.27. The van der Waals surface area contributed by atoms with E-state index in [0.29, 0.717) is 10.1 Å². The van der Waals surface area contributed by atoms with E-state index in [1.54, 1.807) is 23.0 Å². The SMILES string of the molecule is C[C@H]1[C@H](NS(=O)(=O)c2ccc(-n3cc(I)cn3)s2)[C@H]1c1ccccc1.O=C(O)O. The topological polar surface area (TPSA) is 122 Å². The Kier molecular flexibility index (Phi) is 6.61. The molecule has 1 aromatic carbocycles. The van der Waals surface area contributed by atoms with Gasteiger partial charge in [0.1, 0.15) is 9.21 Å². The van der Waals surface area contributed by atoms with Crippen molar-refractivity contribution in [3.8, 4) is 5.00 Å². The lowest BCUT2D eigenvalue weighted by atomic mass is 10.1. The predicted octanol–water partition coefficient (Wildman–Crippen LogP) is 3.84. The predicted molar refractivity (Wildman–Crippen MR) is 117 cm³/mol. The summed E-state index contributed by atoms with van der Waals surface area (Å²) in [5.41, 5.74) is 1.18. The van der Waals surface area contributed by atoms with Crippen molar-refractivity contribution in [1.29, 1.82) is 0 Å². The van der Waals surface area contributed by atoms with E-state index >= 15 is 0 Å². The van der Waals surface area contributed by atoms with Crippen LogP contribution in [0.2, 0.25) is 0 Å². The minimum atomic E-state index is -3.53. The number of thiophene rings is 1. The zero-order valence-corrected chi connectivity index (χ0v) is 18.9. The van der Waals surface area contributed by atoms with Gasteiger partial charge in [0.15, 0.2) is 0 Å². The molecule has 1 fully saturated rings. The number of halogens is 1. The summed E-state index contributed by atoms with van der Waals surface area (Å²) in [7, 11) is -3.53. The van der Waals surface area contributed by atoms with Crippen LogP contribution in [0, 0.1) is 9.49 Å². The number of hydrogen-bond acceptors (Lipinski definition) is 5. The lowest BCUT2D eigenvalue weighted by molar-refractivity contribution is 0.137. The van der Waals surface area contributed by atoms with Gasteiger partial charge in [-0.2, -0.15) is 5.10 Å². The third-order valence-electron chi connectivity index (χ3n) is 4.46. The summed E-state index contributed by atoms with van der Waals surface area (Å²) in [4.78, 5) is 8.56. The van der Waals surface area contributed by atoms with Gasteiger partial charge in [0, 0.05) is 18.2 Å². The summed E-state index contributed by atoms with van der Waals surface area (Å²) < 4.78 is 31.3. The highest BCUT2D eigenvalue weighted by atomic mass is 127. The van der Waals surface area contributed by atoms with Crippen molar-refractivity contribution >= 4 is 50.1 Å². The van der Waals surface area contributed by atoms with Gasteiger partial charge >= 0.3 is 6.16 Å². The summed E-state index contributed by atoms with van der Waals surface area (Å²) in [6, 6.07) is 13.4. The summed E-state index contributed by atoms with van der Waals surface area (Å²) >= 11 is 3.40. The Morgan fingerprint density at radius 2 is 1.86 bits per heavy atom. The van der Waals surface area contributed by atoms with Crippen molar-refractivity contribution < 1.29 is 23.4 Å². The molecule has 3 N–H and O–H groups in total. The average molecular weight is 547 g/mol. The van der Waals surface area contributed by atoms with Crippen LogP contribution in [0.25, 0.3) is 5.00 Å². The standard InChI is InChI=1S/C17H16IN3O2S2.CH2O3/c1-11-16(12-5-3-2-4-6-12)17(11)20-25(22,23)15-8-7-14(24-15)21-10-13(18)9-19-21;2-1(3)4/h2-11,16-17,20H,1H3;(H2,2,3,4)/t11-,16-,17+;/m1./s1. The molecule has 0 aliphatic heterocycles. The monoisotopic (exact) mass is 547 g/mol. The smallest absolute Gasteiger partial charge is 0.450 e. The molecule has 0 bridgehead atoms. The van der Waals surface area contributed by atoms with Crippen LogP contribution >= 0.6 is 33.9 Å². The Balaban J connectivity index is 0.000000552. The van der Waals surface area contributed by atoms with Crippen molar-refractivity contribution in [3.05, 3.63) is 64.0 Å². The summed E-state index contributed by atoms with van der Waals surface area (Å²) in [6.07, 6.45) is 1.77. The average Bonchev–Trinajstić information content (AvgIpc) is 3.05. The number of carboxylic acid groups (broad SMARTS) is 2. The molecule has 29 heavy (non-hydrogen) atoms. The van der Waals surface area contributed by atoms with Crippen molar-refractivity contribution in [2.45, 2.75) is 23.1 Å². The van der Waals surface area contributed by atoms with Gasteiger partial charge < -0.3 is 10.2 Å². The highest BCUT2D eigenvalue weighted by Crippen LogP contribution is 2.48. The van der Waals surface area contributed by atoms with E-state index in [-0.39, 0.29) is 12.0 Å². The normalized spacial score (nSPS) is 20.6. The second-order valence-electron chi connectivity index (χ2n) is 6.42. The number of nitrogens with one attached hydrogen (secondary N) is 1. The van der Waals surface area contributed by atoms with E-state index in [9.17, 15) is 8.42 Å². The van der Waals surface area contributed by atoms with Gasteiger partial charge in [-0.05, 0) is 46.2 Å². The second kappa shape index (κ2) is 8.81. The van der Waals surface area contributed by atoms with Crippen LogP contribution in [0.1, 0.15) is 18.4 Å². The number of sulfonamides is 1. The molecule has 0 unspecified atom stereocenters. The first-order valence-electron chi connectivity index (χ1n) is 8.48. The van der Waals surface area contributed by atoms with Gasteiger partial charge in [0.25, 0.3) is 0 Å². The summed E-state index contributed by atoms with van der Waals surface area (Å²) in [6.45, 7) is 2.08. The molecule has 11 heteroatoms. The fourth-order valence-corrected chi connectivity index (χ4v) is 6.05. The van der Waals surface area contributed by atoms with Gasteiger partial charge in [-0.15, -0.1) is 11.3 Å². The van der Waals surface area contributed by atoms with Gasteiger partial charge in [-0.25, -0.2) is 22.6 Å². The summed E-state index contributed by atoms with van der Waals surface area (Å²) in [5, 5.41) is 19.0. The third-order valence-corrected chi connectivity index (χ3v) is 8.05. The molecule has 0 saturated heterocycles. The minimum Gasteiger partial charge on any atom is -0.450 e. The molecule has 0 amide bonds. The molecular weight excluding hydrogens is 529 g/mol. The molecule has 1 saturated carbocycles. The van der Waals surface area contributed by atoms with E-state index < -0.39 is 16.2 Å². The molecule has 154 valence electrons. The van der Waals surface area contributed by atoms with Crippen LogP contribution in [-0.4, -0.2) is 40.6 Å². The highest BCUT2D eigenvalue weighted by molar-refractivity contribution is 14.1. The third kappa shape index (κ3) is 5.35. The maximum atomic E-state index is 12.7. The van der Waals surface area contributed by atoms with Crippen LogP contribution in [0.15, 0.2) is 59.1 Å². The number of nitrogens with zero attached hydrogens (tertiary/aromatic N) is 2. The number of aromatic nitrogens is 2. The Bertz CT molecular complexity index is 1090.